The zero-order chi connectivity index (χ0) is 18.1. The van der Waals surface area contributed by atoms with E-state index in [1.807, 2.05) is 13.8 Å². The molecule has 0 fully saturated rings. The number of amides is 1. The zero-order valence-corrected chi connectivity index (χ0v) is 13.3. The molecule has 0 saturated heterocycles. The summed E-state index contributed by atoms with van der Waals surface area (Å²) in [6, 6.07) is 3.29. The fourth-order valence-electron chi connectivity index (χ4n) is 1.78. The minimum Gasteiger partial charge on any atom is -0.341 e. The summed E-state index contributed by atoms with van der Waals surface area (Å²) in [6.07, 6.45) is 7.35. The summed E-state index contributed by atoms with van der Waals surface area (Å²) in [5.41, 5.74) is -0.418. The van der Waals surface area contributed by atoms with Crippen LogP contribution < -0.4 is 10.9 Å². The Bertz CT molecular complexity index is 810. The van der Waals surface area contributed by atoms with Gasteiger partial charge < -0.3 is 5.32 Å². The van der Waals surface area contributed by atoms with Crippen LogP contribution in [-0.2, 0) is 6.54 Å². The monoisotopic (exact) mass is 333 g/mol. The summed E-state index contributed by atoms with van der Waals surface area (Å²) < 4.78 is 27.2. The van der Waals surface area contributed by atoms with Crippen molar-refractivity contribution in [3.63, 3.8) is 0 Å². The minimum atomic E-state index is -1.01. The zero-order valence-electron chi connectivity index (χ0n) is 13.3. The van der Waals surface area contributed by atoms with Crippen LogP contribution in [0.1, 0.15) is 29.8 Å². The maximum Gasteiger partial charge on any atom is 0.266 e. The maximum absolute atomic E-state index is 13.2. The quantitative estimate of drug-likeness (QED) is 0.870. The predicted molar refractivity (Wildman–Crippen MR) is 86.5 cm³/mol. The molecule has 0 bridgehead atoms. The first-order valence-electron chi connectivity index (χ1n) is 7.23. The van der Waals surface area contributed by atoms with Gasteiger partial charge in [0.25, 0.3) is 11.5 Å². The number of carbonyl (C=O) groups is 1. The second-order valence-corrected chi connectivity index (χ2v) is 4.38. The number of hydrogen-bond donors (Lipinski definition) is 1. The van der Waals surface area contributed by atoms with Crippen LogP contribution in [0.2, 0.25) is 0 Å². The van der Waals surface area contributed by atoms with E-state index in [0.29, 0.717) is 5.56 Å². The Morgan fingerprint density at radius 3 is 2.67 bits per heavy atom. The number of nitrogens with one attached hydrogen (secondary N) is 1. The van der Waals surface area contributed by atoms with Crippen molar-refractivity contribution in [1.29, 1.82) is 0 Å². The highest BCUT2D eigenvalue weighted by molar-refractivity contribution is 5.93. The van der Waals surface area contributed by atoms with Crippen molar-refractivity contribution in [3.05, 3.63) is 63.8 Å². The van der Waals surface area contributed by atoms with E-state index >= 15 is 0 Å². The third kappa shape index (κ3) is 4.74. The molecule has 24 heavy (non-hydrogen) atoms. The molecular formula is C17H17F2N3O2. The Morgan fingerprint density at radius 1 is 1.33 bits per heavy atom. The van der Waals surface area contributed by atoms with E-state index in [1.165, 1.54) is 12.4 Å². The Morgan fingerprint density at radius 2 is 2.04 bits per heavy atom. The van der Waals surface area contributed by atoms with E-state index in [9.17, 15) is 18.4 Å². The molecule has 1 aromatic heterocycles. The largest absolute Gasteiger partial charge is 0.341 e. The molecule has 2 rings (SSSR count). The van der Waals surface area contributed by atoms with Gasteiger partial charge in [-0.25, -0.2) is 13.8 Å². The standard InChI is InChI=1S/C15H11F2N3O2.C2H6/c1-2-5-19-14(21)11-7-18-9-20(15(11)22)8-10-3-4-12(16)13(17)6-10;1-2/h1,3-4,6-7,9H,5,8H2,(H,19,21);1-2H3. The first-order valence-corrected chi connectivity index (χ1v) is 7.23. The van der Waals surface area contributed by atoms with Gasteiger partial charge in [0.05, 0.1) is 19.4 Å². The highest BCUT2D eigenvalue weighted by Gasteiger charge is 2.13. The number of halogens is 2. The molecule has 0 saturated carbocycles. The van der Waals surface area contributed by atoms with Crippen molar-refractivity contribution >= 4 is 5.91 Å². The number of terminal acetylenes is 1. The summed E-state index contributed by atoms with van der Waals surface area (Å²) in [4.78, 5) is 27.7. The second kappa shape index (κ2) is 9.20. The smallest absolute Gasteiger partial charge is 0.266 e. The number of rotatable bonds is 4. The second-order valence-electron chi connectivity index (χ2n) is 4.38. The van der Waals surface area contributed by atoms with Crippen molar-refractivity contribution in [2.24, 2.45) is 0 Å². The first-order chi connectivity index (χ1) is 11.5. The van der Waals surface area contributed by atoms with E-state index < -0.39 is 23.1 Å². The SMILES string of the molecule is C#CCNC(=O)c1cncn(Cc2ccc(F)c(F)c2)c1=O.CC. The predicted octanol–water partition coefficient (Wildman–Crippen LogP) is 1.96. The summed E-state index contributed by atoms with van der Waals surface area (Å²) in [5.74, 6) is -0.416. The lowest BCUT2D eigenvalue weighted by Crippen LogP contribution is -2.33. The third-order valence-corrected chi connectivity index (χ3v) is 2.83. The van der Waals surface area contributed by atoms with E-state index in [1.54, 1.807) is 0 Å². The third-order valence-electron chi connectivity index (χ3n) is 2.83. The molecular weight excluding hydrogens is 316 g/mol. The summed E-state index contributed by atoms with van der Waals surface area (Å²) in [7, 11) is 0. The lowest BCUT2D eigenvalue weighted by atomic mass is 10.2. The molecule has 1 N–H and O–H groups in total. The van der Waals surface area contributed by atoms with Crippen molar-refractivity contribution < 1.29 is 13.6 Å². The van der Waals surface area contributed by atoms with Gasteiger partial charge >= 0.3 is 0 Å². The number of benzene rings is 1. The van der Waals surface area contributed by atoms with E-state index in [2.05, 4.69) is 16.2 Å². The number of hydrogen-bond acceptors (Lipinski definition) is 3. The summed E-state index contributed by atoms with van der Waals surface area (Å²) in [6.45, 7) is 3.94. The van der Waals surface area contributed by atoms with Gasteiger partial charge in [0.1, 0.15) is 5.56 Å². The van der Waals surface area contributed by atoms with E-state index in [0.717, 1.165) is 22.9 Å². The molecule has 1 aromatic carbocycles. The van der Waals surface area contributed by atoms with Gasteiger partial charge in [0.15, 0.2) is 11.6 Å². The molecule has 1 heterocycles. The van der Waals surface area contributed by atoms with Gasteiger partial charge in [-0.1, -0.05) is 25.8 Å². The van der Waals surface area contributed by atoms with Crippen LogP contribution in [0.4, 0.5) is 8.78 Å². The normalized spacial score (nSPS) is 9.46. The molecule has 0 spiro atoms. The molecule has 126 valence electrons. The highest BCUT2D eigenvalue weighted by atomic mass is 19.2. The minimum absolute atomic E-state index is 0.0175. The van der Waals surface area contributed by atoms with Gasteiger partial charge in [0.2, 0.25) is 0 Å². The number of carbonyl (C=O) groups excluding carboxylic acids is 1. The number of aromatic nitrogens is 2. The molecule has 0 radical (unpaired) electrons. The Kier molecular flexibility index (Phi) is 7.30. The average molecular weight is 333 g/mol. The topological polar surface area (TPSA) is 64.0 Å². The van der Waals surface area contributed by atoms with Crippen LogP contribution in [0.5, 0.6) is 0 Å². The van der Waals surface area contributed by atoms with Crippen LogP contribution in [0.25, 0.3) is 0 Å². The molecule has 0 unspecified atom stereocenters. The van der Waals surface area contributed by atoms with Crippen LogP contribution in [0.3, 0.4) is 0 Å². The van der Waals surface area contributed by atoms with E-state index in [4.69, 9.17) is 6.42 Å². The molecule has 0 aliphatic carbocycles. The van der Waals surface area contributed by atoms with Gasteiger partial charge in [-0.2, -0.15) is 0 Å². The highest BCUT2D eigenvalue weighted by Crippen LogP contribution is 2.09. The van der Waals surface area contributed by atoms with Crippen LogP contribution in [0.15, 0.2) is 35.5 Å². The van der Waals surface area contributed by atoms with Crippen molar-refractivity contribution in [3.8, 4) is 12.3 Å². The van der Waals surface area contributed by atoms with Gasteiger partial charge in [-0.05, 0) is 17.7 Å². The molecule has 0 aliphatic rings. The van der Waals surface area contributed by atoms with Gasteiger partial charge in [-0.3, -0.25) is 14.2 Å². The number of nitrogens with zero attached hydrogens (tertiary/aromatic N) is 2. The Balaban J connectivity index is 0.00000139. The lowest BCUT2D eigenvalue weighted by molar-refractivity contribution is 0.0956. The van der Waals surface area contributed by atoms with Gasteiger partial charge in [-0.15, -0.1) is 6.42 Å². The fraction of sp³-hybridized carbons (Fsp3) is 0.235. The molecule has 1 amide bonds. The van der Waals surface area contributed by atoms with Crippen molar-refractivity contribution in [2.45, 2.75) is 20.4 Å². The summed E-state index contributed by atoms with van der Waals surface area (Å²) in [5, 5.41) is 2.36. The molecule has 7 heteroatoms. The average Bonchev–Trinajstić information content (AvgIpc) is 2.59. The van der Waals surface area contributed by atoms with Crippen LogP contribution >= 0.6 is 0 Å². The van der Waals surface area contributed by atoms with Crippen molar-refractivity contribution in [1.82, 2.24) is 14.9 Å². The van der Waals surface area contributed by atoms with Gasteiger partial charge in [0, 0.05) is 6.20 Å². The summed E-state index contributed by atoms with van der Waals surface area (Å²) >= 11 is 0. The lowest BCUT2D eigenvalue weighted by Gasteiger charge is -2.07. The van der Waals surface area contributed by atoms with E-state index in [-0.39, 0.29) is 18.7 Å². The Labute approximate surface area is 138 Å². The van der Waals surface area contributed by atoms with Crippen LogP contribution in [0, 0.1) is 24.0 Å². The van der Waals surface area contributed by atoms with Crippen LogP contribution in [-0.4, -0.2) is 22.0 Å². The Hall–Kier alpha value is -3.01. The maximum atomic E-state index is 13.2. The molecule has 2 aromatic rings. The molecule has 5 nitrogen and oxygen atoms in total. The van der Waals surface area contributed by atoms with Crippen molar-refractivity contribution in [2.75, 3.05) is 6.54 Å². The molecule has 0 aliphatic heterocycles. The fourth-order valence-corrected chi connectivity index (χ4v) is 1.78. The first kappa shape index (κ1) is 19.0. The molecule has 0 atom stereocenters.